The second kappa shape index (κ2) is 7.77. The van der Waals surface area contributed by atoms with E-state index in [4.69, 9.17) is 4.42 Å². The fraction of sp³-hybridized carbons (Fsp3) is 0.111. The number of hydrogen-bond donors (Lipinski definition) is 1. The molecule has 0 saturated carbocycles. The number of amides is 1. The van der Waals surface area contributed by atoms with E-state index in [-0.39, 0.29) is 23.6 Å². The standard InChI is InChI=1S/C18H14F2N2O5S/c19-18(20)28(25,26)14-7-4-12(5-8-14)21-17(24)15-9-6-13(27-15)11-22-10-2-1-3-16(22)23/h1-10,18H,11H2,(H,21,24). The van der Waals surface area contributed by atoms with Crippen molar-refractivity contribution >= 4 is 21.4 Å². The largest absolute Gasteiger partial charge is 0.454 e. The Hall–Kier alpha value is -3.27. The summed E-state index contributed by atoms with van der Waals surface area (Å²) in [6, 6.07) is 12.0. The molecule has 1 amide bonds. The Labute approximate surface area is 158 Å². The van der Waals surface area contributed by atoms with Gasteiger partial charge in [0.05, 0.1) is 11.4 Å². The summed E-state index contributed by atoms with van der Waals surface area (Å²) in [5.74, 6) is -3.78. The molecule has 0 aliphatic heterocycles. The van der Waals surface area contributed by atoms with Gasteiger partial charge in [-0.3, -0.25) is 9.59 Å². The first-order valence-electron chi connectivity index (χ1n) is 7.95. The number of pyridine rings is 1. The van der Waals surface area contributed by atoms with Gasteiger partial charge >= 0.3 is 5.76 Å². The number of nitrogens with zero attached hydrogens (tertiary/aromatic N) is 1. The van der Waals surface area contributed by atoms with Gasteiger partial charge in [0, 0.05) is 18.0 Å². The lowest BCUT2D eigenvalue weighted by Crippen LogP contribution is -2.18. The SMILES string of the molecule is O=C(Nc1ccc(S(=O)(=O)C(F)F)cc1)c1ccc(Cn2ccccc2=O)o1. The van der Waals surface area contributed by atoms with Gasteiger partial charge in [-0.15, -0.1) is 0 Å². The van der Waals surface area contributed by atoms with Gasteiger partial charge in [-0.2, -0.15) is 8.78 Å². The van der Waals surface area contributed by atoms with Crippen LogP contribution in [-0.4, -0.2) is 24.6 Å². The second-order valence-corrected chi connectivity index (χ2v) is 7.63. The van der Waals surface area contributed by atoms with Crippen molar-refractivity contribution in [2.24, 2.45) is 0 Å². The average molecular weight is 408 g/mol. The molecule has 0 spiro atoms. The van der Waals surface area contributed by atoms with Crippen LogP contribution in [0, 0.1) is 0 Å². The highest BCUT2D eigenvalue weighted by Gasteiger charge is 2.26. The lowest BCUT2D eigenvalue weighted by atomic mass is 10.3. The topological polar surface area (TPSA) is 98.4 Å². The molecule has 0 aliphatic carbocycles. The highest BCUT2D eigenvalue weighted by molar-refractivity contribution is 7.91. The van der Waals surface area contributed by atoms with E-state index in [1.807, 2.05) is 0 Å². The quantitative estimate of drug-likeness (QED) is 0.676. The summed E-state index contributed by atoms with van der Waals surface area (Å²) in [7, 11) is -4.70. The van der Waals surface area contributed by atoms with E-state index in [1.165, 1.54) is 28.8 Å². The molecule has 10 heteroatoms. The van der Waals surface area contributed by atoms with E-state index < -0.39 is 26.4 Å². The Morgan fingerprint density at radius 1 is 1.07 bits per heavy atom. The Morgan fingerprint density at radius 3 is 2.43 bits per heavy atom. The molecule has 28 heavy (non-hydrogen) atoms. The zero-order valence-electron chi connectivity index (χ0n) is 14.2. The Kier molecular flexibility index (Phi) is 5.41. The molecule has 2 heterocycles. The van der Waals surface area contributed by atoms with E-state index >= 15 is 0 Å². The molecule has 0 radical (unpaired) electrons. The molecule has 146 valence electrons. The van der Waals surface area contributed by atoms with Gasteiger partial charge in [0.2, 0.25) is 9.84 Å². The lowest BCUT2D eigenvalue weighted by Gasteiger charge is -2.06. The number of furan rings is 1. The van der Waals surface area contributed by atoms with Gasteiger partial charge in [0.15, 0.2) is 5.76 Å². The predicted molar refractivity (Wildman–Crippen MR) is 96.1 cm³/mol. The van der Waals surface area contributed by atoms with Crippen LogP contribution in [0.2, 0.25) is 0 Å². The van der Waals surface area contributed by atoms with Crippen molar-refractivity contribution in [1.29, 1.82) is 0 Å². The minimum atomic E-state index is -4.70. The molecule has 1 aromatic carbocycles. The van der Waals surface area contributed by atoms with E-state index in [0.717, 1.165) is 12.1 Å². The molecule has 1 N–H and O–H groups in total. The first-order valence-corrected chi connectivity index (χ1v) is 9.49. The van der Waals surface area contributed by atoms with Crippen molar-refractivity contribution < 1.29 is 26.4 Å². The molecule has 3 aromatic rings. The lowest BCUT2D eigenvalue weighted by molar-refractivity contribution is 0.0994. The highest BCUT2D eigenvalue weighted by Crippen LogP contribution is 2.21. The maximum Gasteiger partial charge on any atom is 0.341 e. The number of benzene rings is 1. The minimum Gasteiger partial charge on any atom is -0.454 e. The summed E-state index contributed by atoms with van der Waals surface area (Å²) in [6.07, 6.45) is 1.58. The third-order valence-electron chi connectivity index (χ3n) is 3.79. The third-order valence-corrected chi connectivity index (χ3v) is 5.18. The summed E-state index contributed by atoms with van der Waals surface area (Å²) >= 11 is 0. The van der Waals surface area contributed by atoms with E-state index in [9.17, 15) is 26.8 Å². The maximum atomic E-state index is 12.5. The van der Waals surface area contributed by atoms with Crippen LogP contribution < -0.4 is 10.9 Å². The molecule has 0 fully saturated rings. The number of rotatable bonds is 6. The smallest absolute Gasteiger partial charge is 0.341 e. The van der Waals surface area contributed by atoms with Gasteiger partial charge in [0.25, 0.3) is 11.5 Å². The van der Waals surface area contributed by atoms with Gasteiger partial charge in [-0.05, 0) is 42.5 Å². The third kappa shape index (κ3) is 4.17. The van der Waals surface area contributed by atoms with Crippen molar-refractivity contribution in [3.63, 3.8) is 0 Å². The van der Waals surface area contributed by atoms with Crippen LogP contribution in [0.5, 0.6) is 0 Å². The maximum absolute atomic E-state index is 12.5. The zero-order valence-corrected chi connectivity index (χ0v) is 15.0. The van der Waals surface area contributed by atoms with Crippen molar-refractivity contribution in [1.82, 2.24) is 4.57 Å². The van der Waals surface area contributed by atoms with Crippen molar-refractivity contribution in [2.75, 3.05) is 5.32 Å². The first kappa shape index (κ1) is 19.5. The van der Waals surface area contributed by atoms with Gasteiger partial charge in [0.1, 0.15) is 5.76 Å². The molecule has 7 nitrogen and oxygen atoms in total. The molecule has 3 rings (SSSR count). The molecule has 0 bridgehead atoms. The molecule has 0 saturated heterocycles. The molecule has 0 atom stereocenters. The number of halogens is 2. The number of alkyl halides is 2. The minimum absolute atomic E-state index is 0.0248. The van der Waals surface area contributed by atoms with E-state index in [2.05, 4.69) is 5.32 Å². The van der Waals surface area contributed by atoms with Crippen molar-refractivity contribution in [2.45, 2.75) is 17.2 Å². The molecule has 2 aromatic heterocycles. The summed E-state index contributed by atoms with van der Waals surface area (Å²) in [4.78, 5) is 23.4. The molecule has 0 aliphatic rings. The molecular weight excluding hydrogens is 394 g/mol. The average Bonchev–Trinajstić information content (AvgIpc) is 3.13. The second-order valence-electron chi connectivity index (χ2n) is 5.72. The summed E-state index contributed by atoms with van der Waals surface area (Å²) < 4.78 is 54.6. The number of sulfone groups is 1. The fourth-order valence-electron chi connectivity index (χ4n) is 2.37. The van der Waals surface area contributed by atoms with Crippen molar-refractivity contribution in [3.05, 3.63) is 82.7 Å². The summed E-state index contributed by atoms with van der Waals surface area (Å²) in [6.45, 7) is 0.146. The summed E-state index contributed by atoms with van der Waals surface area (Å²) in [5, 5.41) is 2.47. The Balaban J connectivity index is 1.70. The van der Waals surface area contributed by atoms with Crippen LogP contribution in [0.1, 0.15) is 16.3 Å². The van der Waals surface area contributed by atoms with Crippen LogP contribution >= 0.6 is 0 Å². The summed E-state index contributed by atoms with van der Waals surface area (Å²) in [5.41, 5.74) is -0.0146. The van der Waals surface area contributed by atoms with Crippen molar-refractivity contribution in [3.8, 4) is 0 Å². The Morgan fingerprint density at radius 2 is 1.79 bits per heavy atom. The van der Waals surface area contributed by atoms with Gasteiger partial charge in [-0.1, -0.05) is 6.07 Å². The fourth-order valence-corrected chi connectivity index (χ4v) is 3.09. The first-order chi connectivity index (χ1) is 13.3. The number of carbonyl (C=O) groups is 1. The molecule has 0 unspecified atom stereocenters. The monoisotopic (exact) mass is 408 g/mol. The number of hydrogen-bond acceptors (Lipinski definition) is 5. The van der Waals surface area contributed by atoms with Crippen LogP contribution in [0.4, 0.5) is 14.5 Å². The number of aromatic nitrogens is 1. The number of anilines is 1. The van der Waals surface area contributed by atoms with Crippen LogP contribution in [0.15, 0.2) is 74.9 Å². The number of nitrogens with one attached hydrogen (secondary N) is 1. The zero-order chi connectivity index (χ0) is 20.3. The van der Waals surface area contributed by atoms with Crippen LogP contribution in [0.25, 0.3) is 0 Å². The van der Waals surface area contributed by atoms with E-state index in [0.29, 0.717) is 5.76 Å². The number of carbonyl (C=O) groups excluding carboxylic acids is 1. The molecular formula is C18H14F2N2O5S. The Bertz CT molecular complexity index is 1150. The van der Waals surface area contributed by atoms with Crippen LogP contribution in [0.3, 0.4) is 0 Å². The van der Waals surface area contributed by atoms with Crippen LogP contribution in [-0.2, 0) is 16.4 Å². The predicted octanol–water partition coefficient (Wildman–Crippen LogP) is 2.74. The van der Waals surface area contributed by atoms with Gasteiger partial charge in [-0.25, -0.2) is 8.42 Å². The van der Waals surface area contributed by atoms with Gasteiger partial charge < -0.3 is 14.3 Å². The highest BCUT2D eigenvalue weighted by atomic mass is 32.2. The van der Waals surface area contributed by atoms with E-state index in [1.54, 1.807) is 24.4 Å². The normalized spacial score (nSPS) is 11.5.